The summed E-state index contributed by atoms with van der Waals surface area (Å²) in [5.74, 6) is 1.90. The molecule has 1 aliphatic heterocycles. The van der Waals surface area contributed by atoms with E-state index in [1.165, 1.54) is 19.4 Å². The lowest BCUT2D eigenvalue weighted by atomic mass is 9.75. The van der Waals surface area contributed by atoms with Crippen molar-refractivity contribution in [3.8, 4) is 0 Å². The van der Waals surface area contributed by atoms with Crippen molar-refractivity contribution in [1.29, 1.82) is 0 Å². The Morgan fingerprint density at radius 1 is 0.882 bits per heavy atom. The number of hydrogen-bond donors (Lipinski definition) is 0. The first-order chi connectivity index (χ1) is 7.69. The van der Waals surface area contributed by atoms with Gasteiger partial charge in [0.05, 0.1) is 0 Å². The molecule has 1 saturated heterocycles. The molecule has 1 aliphatic carbocycles. The van der Waals surface area contributed by atoms with Gasteiger partial charge in [-0.25, -0.2) is 0 Å². The lowest BCUT2D eigenvalue weighted by molar-refractivity contribution is 0.0238. The molecule has 0 N–H and O–H groups in total. The molecule has 0 aromatic heterocycles. The Morgan fingerprint density at radius 2 is 1.41 bits per heavy atom. The molecule has 102 valence electrons. The monoisotopic (exact) mass is 239 g/mol. The van der Waals surface area contributed by atoms with Crippen molar-refractivity contribution in [3.05, 3.63) is 0 Å². The van der Waals surface area contributed by atoms with E-state index in [9.17, 15) is 0 Å². The van der Waals surface area contributed by atoms with Crippen LogP contribution < -0.4 is 0 Å². The second-order valence-corrected chi connectivity index (χ2v) is 7.70. The zero-order valence-corrected chi connectivity index (χ0v) is 13.3. The van der Waals surface area contributed by atoms with E-state index in [4.69, 9.17) is 0 Å². The van der Waals surface area contributed by atoms with Gasteiger partial charge in [-0.15, -0.1) is 0 Å². The van der Waals surface area contributed by atoms with Crippen LogP contribution in [0.4, 0.5) is 0 Å². The molecule has 2 fully saturated rings. The Balaban J connectivity index is 0.000000686. The van der Waals surface area contributed by atoms with Crippen molar-refractivity contribution in [3.63, 3.8) is 0 Å². The third-order valence-corrected chi connectivity index (χ3v) is 4.46. The molecule has 0 amide bonds. The maximum absolute atomic E-state index is 2.76. The molecule has 0 spiro atoms. The second-order valence-electron chi connectivity index (χ2n) is 7.70. The summed E-state index contributed by atoms with van der Waals surface area (Å²) >= 11 is 0. The number of fused-ring (bicyclic) bond motifs is 2. The minimum atomic E-state index is 0.364. The summed E-state index contributed by atoms with van der Waals surface area (Å²) in [7, 11) is 0. The normalized spacial score (nSPS) is 33.5. The summed E-state index contributed by atoms with van der Waals surface area (Å²) in [5, 5.41) is 0. The molecule has 1 nitrogen and oxygen atoms in total. The first-order valence-corrected chi connectivity index (χ1v) is 7.46. The van der Waals surface area contributed by atoms with Crippen LogP contribution in [0.25, 0.3) is 0 Å². The van der Waals surface area contributed by atoms with Crippen LogP contribution in [0.1, 0.15) is 68.2 Å². The summed E-state index contributed by atoms with van der Waals surface area (Å²) in [6, 6.07) is 0.856. The van der Waals surface area contributed by atoms with Crippen LogP contribution in [0.3, 0.4) is 0 Å². The van der Waals surface area contributed by atoms with E-state index >= 15 is 0 Å². The van der Waals surface area contributed by atoms with E-state index < -0.39 is 0 Å². The van der Waals surface area contributed by atoms with Gasteiger partial charge in [0.1, 0.15) is 0 Å². The molecule has 2 rings (SSSR count). The molecule has 17 heavy (non-hydrogen) atoms. The van der Waals surface area contributed by atoms with Gasteiger partial charge in [-0.2, -0.15) is 0 Å². The van der Waals surface area contributed by atoms with Crippen LogP contribution in [0, 0.1) is 17.3 Å². The zero-order chi connectivity index (χ0) is 13.4. The minimum absolute atomic E-state index is 0.364. The molecule has 3 atom stereocenters. The van der Waals surface area contributed by atoms with Crippen molar-refractivity contribution in [1.82, 2.24) is 4.90 Å². The van der Waals surface area contributed by atoms with E-state index in [2.05, 4.69) is 46.4 Å². The largest absolute Gasteiger partial charge is 0.295 e. The number of piperidine rings is 1. The van der Waals surface area contributed by atoms with Crippen molar-refractivity contribution in [2.45, 2.75) is 79.8 Å². The van der Waals surface area contributed by atoms with Gasteiger partial charge in [-0.1, -0.05) is 34.6 Å². The van der Waals surface area contributed by atoms with E-state index in [0.29, 0.717) is 11.0 Å². The highest BCUT2D eigenvalue weighted by Gasteiger charge is 2.51. The third kappa shape index (κ3) is 3.05. The van der Waals surface area contributed by atoms with E-state index in [1.54, 1.807) is 0 Å². The van der Waals surface area contributed by atoms with Gasteiger partial charge in [0, 0.05) is 18.1 Å². The van der Waals surface area contributed by atoms with Crippen LogP contribution in [0.5, 0.6) is 0 Å². The Kier molecular flexibility index (Phi) is 4.34. The minimum Gasteiger partial charge on any atom is -0.295 e. The predicted molar refractivity (Wildman–Crippen MR) is 77.3 cm³/mol. The maximum Gasteiger partial charge on any atom is 0.0137 e. The topological polar surface area (TPSA) is 3.24 Å². The van der Waals surface area contributed by atoms with Gasteiger partial charge in [0.25, 0.3) is 0 Å². The second kappa shape index (κ2) is 4.91. The molecule has 1 heterocycles. The third-order valence-electron chi connectivity index (χ3n) is 4.46. The smallest absolute Gasteiger partial charge is 0.0137 e. The molecule has 0 aromatic rings. The SMILES string of the molecule is CC.CC(C)(C)C1CC2CC1N(C(C)(C)C)C2. The number of nitrogens with zero attached hydrogens (tertiary/aromatic N) is 1. The standard InChI is InChI=1S/C14H27N.C2H6/c1-13(2,3)11-7-10-8-12(11)15(9-10)14(4,5)6;1-2/h10-12H,7-9H2,1-6H3;1-2H3. The van der Waals surface area contributed by atoms with Crippen LogP contribution in [0.15, 0.2) is 0 Å². The highest BCUT2D eigenvalue weighted by atomic mass is 15.3. The Hall–Kier alpha value is -0.0400. The maximum atomic E-state index is 2.76. The van der Waals surface area contributed by atoms with Crippen LogP contribution in [-0.4, -0.2) is 23.0 Å². The molecule has 0 radical (unpaired) electrons. The van der Waals surface area contributed by atoms with Crippen molar-refractivity contribution >= 4 is 0 Å². The molecular formula is C16H33N. The quantitative estimate of drug-likeness (QED) is 0.598. The molecule has 1 heteroatoms. The Morgan fingerprint density at radius 3 is 1.76 bits per heavy atom. The first kappa shape index (κ1) is 15.0. The average Bonchev–Trinajstić information content (AvgIpc) is 2.76. The molecular weight excluding hydrogens is 206 g/mol. The van der Waals surface area contributed by atoms with Crippen LogP contribution in [-0.2, 0) is 0 Å². The Labute approximate surface area is 109 Å². The summed E-state index contributed by atoms with van der Waals surface area (Å²) in [6.07, 6.45) is 2.93. The van der Waals surface area contributed by atoms with Gasteiger partial charge in [0.2, 0.25) is 0 Å². The Bertz CT molecular complexity index is 219. The summed E-state index contributed by atoms with van der Waals surface area (Å²) in [5.41, 5.74) is 0.854. The molecule has 1 saturated carbocycles. The lowest BCUT2D eigenvalue weighted by Crippen LogP contribution is -2.51. The van der Waals surface area contributed by atoms with Gasteiger partial charge >= 0.3 is 0 Å². The molecule has 2 bridgehead atoms. The summed E-state index contributed by atoms with van der Waals surface area (Å²) in [4.78, 5) is 2.76. The molecule has 3 unspecified atom stereocenters. The van der Waals surface area contributed by atoms with Crippen LogP contribution in [0.2, 0.25) is 0 Å². The van der Waals surface area contributed by atoms with Gasteiger partial charge < -0.3 is 0 Å². The molecule has 2 aliphatic rings. The van der Waals surface area contributed by atoms with Crippen molar-refractivity contribution in [2.24, 2.45) is 17.3 Å². The van der Waals surface area contributed by atoms with Crippen molar-refractivity contribution in [2.75, 3.05) is 6.54 Å². The number of rotatable bonds is 0. The van der Waals surface area contributed by atoms with Crippen LogP contribution >= 0.6 is 0 Å². The first-order valence-electron chi connectivity index (χ1n) is 7.46. The van der Waals surface area contributed by atoms with Crippen molar-refractivity contribution < 1.29 is 0 Å². The number of hydrogen-bond acceptors (Lipinski definition) is 1. The van der Waals surface area contributed by atoms with E-state index in [1.807, 2.05) is 13.8 Å². The fourth-order valence-electron chi connectivity index (χ4n) is 3.73. The van der Waals surface area contributed by atoms with E-state index in [-0.39, 0.29) is 0 Å². The summed E-state index contributed by atoms with van der Waals surface area (Å²) in [6.45, 7) is 19.7. The fourth-order valence-corrected chi connectivity index (χ4v) is 3.73. The van der Waals surface area contributed by atoms with Gasteiger partial charge in [-0.05, 0) is 50.9 Å². The van der Waals surface area contributed by atoms with Gasteiger partial charge in [-0.3, -0.25) is 4.90 Å². The fraction of sp³-hybridized carbons (Fsp3) is 1.00. The summed E-state index contributed by atoms with van der Waals surface area (Å²) < 4.78 is 0. The highest BCUT2D eigenvalue weighted by molar-refractivity contribution is 5.04. The van der Waals surface area contributed by atoms with Gasteiger partial charge in [0.15, 0.2) is 0 Å². The molecule has 0 aromatic carbocycles. The predicted octanol–water partition coefficient (Wildman–Crippen LogP) is 4.57. The van der Waals surface area contributed by atoms with E-state index in [0.717, 1.165) is 17.9 Å². The highest BCUT2D eigenvalue weighted by Crippen LogP contribution is 2.51. The lowest BCUT2D eigenvalue weighted by Gasteiger charge is -2.46. The zero-order valence-electron chi connectivity index (χ0n) is 13.3. The number of likely N-dealkylation sites (tertiary alicyclic amines) is 1. The average molecular weight is 239 g/mol.